The fraction of sp³-hybridized carbons (Fsp3) is 0.800. The van der Waals surface area contributed by atoms with Crippen LogP contribution in [0.3, 0.4) is 0 Å². The van der Waals surface area contributed by atoms with E-state index in [2.05, 4.69) is 56.8 Å². The first-order valence-corrected chi connectivity index (χ1v) is 14.0. The number of allylic oxidation sites excluding steroid dienone is 4. The summed E-state index contributed by atoms with van der Waals surface area (Å²) < 4.78 is 17.5. The van der Waals surface area contributed by atoms with E-state index in [-0.39, 0.29) is 0 Å². The Morgan fingerprint density at radius 2 is 1.15 bits per heavy atom. The van der Waals surface area contributed by atoms with E-state index in [4.69, 9.17) is 14.2 Å². The molecule has 0 aromatic rings. The summed E-state index contributed by atoms with van der Waals surface area (Å²) in [5.41, 5.74) is 0. The van der Waals surface area contributed by atoms with Crippen molar-refractivity contribution in [2.24, 2.45) is 0 Å². The molecular formula is C30H57NO3. The standard InChI is InChI=1S/C30H57NO3/c1-5-7-9-10-11-12-13-14-15-17-22-26-33-28-30(31(3)4)29-34-27-23-19-16-18-21-25-32-24-20-8-6-2/h5-6,8-10,30H,1,7,11-29H2,2-4H3/b8-6+,10-9-. The van der Waals surface area contributed by atoms with Crippen molar-refractivity contribution in [2.45, 2.75) is 103 Å². The molecule has 0 aliphatic carbocycles. The van der Waals surface area contributed by atoms with Gasteiger partial charge in [0, 0.05) is 19.8 Å². The minimum absolute atomic E-state index is 0.342. The Morgan fingerprint density at radius 3 is 1.68 bits per heavy atom. The third-order valence-corrected chi connectivity index (χ3v) is 5.97. The lowest BCUT2D eigenvalue weighted by atomic mass is 10.1. The van der Waals surface area contributed by atoms with Crippen molar-refractivity contribution in [3.8, 4) is 0 Å². The van der Waals surface area contributed by atoms with Gasteiger partial charge in [-0.2, -0.15) is 0 Å². The minimum atomic E-state index is 0.342. The van der Waals surface area contributed by atoms with Gasteiger partial charge in [-0.1, -0.05) is 75.3 Å². The highest BCUT2D eigenvalue weighted by atomic mass is 16.5. The maximum Gasteiger partial charge on any atom is 0.0644 e. The number of ether oxygens (including phenoxy) is 3. The second kappa shape index (κ2) is 28.3. The van der Waals surface area contributed by atoms with Crippen LogP contribution in [-0.4, -0.2) is 64.7 Å². The molecule has 4 heteroatoms. The zero-order chi connectivity index (χ0) is 25.0. The topological polar surface area (TPSA) is 30.9 Å². The molecule has 0 heterocycles. The molecule has 0 saturated carbocycles. The lowest BCUT2D eigenvalue weighted by molar-refractivity contribution is 0.0197. The highest BCUT2D eigenvalue weighted by Crippen LogP contribution is 2.09. The Kier molecular flexibility index (Phi) is 27.5. The second-order valence-electron chi connectivity index (χ2n) is 9.41. The number of nitrogens with zero attached hydrogens (tertiary/aromatic N) is 1. The van der Waals surface area contributed by atoms with Gasteiger partial charge < -0.3 is 19.1 Å². The van der Waals surface area contributed by atoms with Crippen LogP contribution in [0.2, 0.25) is 0 Å². The van der Waals surface area contributed by atoms with Crippen LogP contribution in [0.25, 0.3) is 0 Å². The zero-order valence-electron chi connectivity index (χ0n) is 23.0. The highest BCUT2D eigenvalue weighted by molar-refractivity contribution is 4.88. The minimum Gasteiger partial charge on any atom is -0.381 e. The summed E-state index contributed by atoms with van der Waals surface area (Å²) in [7, 11) is 4.23. The van der Waals surface area contributed by atoms with Gasteiger partial charge in [-0.3, -0.25) is 0 Å². The van der Waals surface area contributed by atoms with Gasteiger partial charge in [-0.15, -0.1) is 6.58 Å². The van der Waals surface area contributed by atoms with Crippen LogP contribution in [0, 0.1) is 0 Å². The van der Waals surface area contributed by atoms with E-state index >= 15 is 0 Å². The molecule has 0 aliphatic heterocycles. The summed E-state index contributed by atoms with van der Waals surface area (Å²) in [6.45, 7) is 10.8. The molecule has 0 aromatic heterocycles. The van der Waals surface area contributed by atoms with Gasteiger partial charge in [0.05, 0.1) is 25.9 Å². The SMILES string of the molecule is C=CC/C=C\CCCCCCCCOCC(COCCCCCCCOCC/C=C/C)N(C)C. The lowest BCUT2D eigenvalue weighted by Crippen LogP contribution is -2.37. The van der Waals surface area contributed by atoms with Crippen LogP contribution in [0.4, 0.5) is 0 Å². The summed E-state index contributed by atoms with van der Waals surface area (Å²) in [5.74, 6) is 0. The predicted molar refractivity (Wildman–Crippen MR) is 149 cm³/mol. The van der Waals surface area contributed by atoms with Gasteiger partial charge in [0.2, 0.25) is 0 Å². The molecule has 34 heavy (non-hydrogen) atoms. The fourth-order valence-corrected chi connectivity index (χ4v) is 3.63. The molecule has 0 fully saturated rings. The van der Waals surface area contributed by atoms with Gasteiger partial charge in [0.15, 0.2) is 0 Å². The largest absolute Gasteiger partial charge is 0.381 e. The second-order valence-corrected chi connectivity index (χ2v) is 9.41. The van der Waals surface area contributed by atoms with Gasteiger partial charge in [0.25, 0.3) is 0 Å². The lowest BCUT2D eigenvalue weighted by Gasteiger charge is -2.24. The molecule has 0 amide bonds. The Labute approximate surface area is 212 Å². The molecule has 0 aromatic carbocycles. The van der Waals surface area contributed by atoms with Crippen LogP contribution in [0.1, 0.15) is 96.8 Å². The zero-order valence-corrected chi connectivity index (χ0v) is 23.0. The molecule has 0 spiro atoms. The average molecular weight is 480 g/mol. The van der Waals surface area contributed by atoms with Crippen molar-refractivity contribution in [1.82, 2.24) is 4.90 Å². The molecule has 0 rings (SSSR count). The van der Waals surface area contributed by atoms with Crippen molar-refractivity contribution in [1.29, 1.82) is 0 Å². The maximum absolute atomic E-state index is 5.95. The van der Waals surface area contributed by atoms with E-state index in [1.165, 1.54) is 70.6 Å². The van der Waals surface area contributed by atoms with Crippen LogP contribution in [0.5, 0.6) is 0 Å². The highest BCUT2D eigenvalue weighted by Gasteiger charge is 2.11. The first-order valence-electron chi connectivity index (χ1n) is 14.0. The molecular weight excluding hydrogens is 422 g/mol. The third kappa shape index (κ3) is 25.7. The van der Waals surface area contributed by atoms with E-state index in [1.54, 1.807) is 0 Å². The number of rotatable bonds is 27. The summed E-state index contributed by atoms with van der Waals surface area (Å²) in [6.07, 6.45) is 27.8. The van der Waals surface area contributed by atoms with Crippen molar-refractivity contribution >= 4 is 0 Å². The van der Waals surface area contributed by atoms with Gasteiger partial charge >= 0.3 is 0 Å². The van der Waals surface area contributed by atoms with E-state index < -0.39 is 0 Å². The van der Waals surface area contributed by atoms with Gasteiger partial charge in [-0.25, -0.2) is 0 Å². The van der Waals surface area contributed by atoms with Crippen molar-refractivity contribution in [2.75, 3.05) is 53.7 Å². The normalized spacial score (nSPS) is 12.9. The predicted octanol–water partition coefficient (Wildman–Crippen LogP) is 7.75. The fourth-order valence-electron chi connectivity index (χ4n) is 3.63. The number of unbranched alkanes of at least 4 members (excludes halogenated alkanes) is 10. The van der Waals surface area contributed by atoms with E-state index in [9.17, 15) is 0 Å². The molecule has 0 saturated heterocycles. The third-order valence-electron chi connectivity index (χ3n) is 5.97. The van der Waals surface area contributed by atoms with Crippen LogP contribution in [-0.2, 0) is 14.2 Å². The summed E-state index contributed by atoms with van der Waals surface area (Å²) in [5, 5.41) is 0. The molecule has 4 nitrogen and oxygen atoms in total. The Morgan fingerprint density at radius 1 is 0.618 bits per heavy atom. The first-order chi connectivity index (χ1) is 16.7. The quantitative estimate of drug-likeness (QED) is 0.0890. The van der Waals surface area contributed by atoms with E-state index in [0.717, 1.165) is 58.9 Å². The van der Waals surface area contributed by atoms with Gasteiger partial charge in [0.1, 0.15) is 0 Å². The molecule has 0 bridgehead atoms. The van der Waals surface area contributed by atoms with Crippen LogP contribution in [0.15, 0.2) is 37.0 Å². The van der Waals surface area contributed by atoms with Crippen molar-refractivity contribution in [3.63, 3.8) is 0 Å². The Hall–Kier alpha value is -0.940. The molecule has 1 unspecified atom stereocenters. The maximum atomic E-state index is 5.95. The first kappa shape index (κ1) is 33.1. The van der Waals surface area contributed by atoms with Gasteiger partial charge in [-0.05, 0) is 66.0 Å². The number of hydrogen-bond acceptors (Lipinski definition) is 4. The van der Waals surface area contributed by atoms with E-state index in [1.807, 2.05) is 6.08 Å². The smallest absolute Gasteiger partial charge is 0.0644 e. The summed E-state index contributed by atoms with van der Waals surface area (Å²) in [4.78, 5) is 2.22. The van der Waals surface area contributed by atoms with Crippen molar-refractivity contribution < 1.29 is 14.2 Å². The Bertz CT molecular complexity index is 462. The van der Waals surface area contributed by atoms with Crippen LogP contribution >= 0.6 is 0 Å². The molecule has 1 atom stereocenters. The number of hydrogen-bond donors (Lipinski definition) is 0. The molecule has 200 valence electrons. The summed E-state index contributed by atoms with van der Waals surface area (Å²) in [6, 6.07) is 0.342. The van der Waals surface area contributed by atoms with Crippen molar-refractivity contribution in [3.05, 3.63) is 37.0 Å². The summed E-state index contributed by atoms with van der Waals surface area (Å²) >= 11 is 0. The van der Waals surface area contributed by atoms with E-state index in [0.29, 0.717) is 6.04 Å². The molecule has 0 aliphatic rings. The van der Waals surface area contributed by atoms with Crippen LogP contribution < -0.4 is 0 Å². The Balaban J connectivity index is 3.45. The molecule has 0 N–H and O–H groups in total. The monoisotopic (exact) mass is 479 g/mol. The average Bonchev–Trinajstić information content (AvgIpc) is 2.83. The number of likely N-dealkylation sites (N-methyl/N-ethyl adjacent to an activating group) is 1. The molecule has 0 radical (unpaired) electrons.